The number of allylic oxidation sites excluding steroid dienone is 4. The summed E-state index contributed by atoms with van der Waals surface area (Å²) >= 11 is 0. The van der Waals surface area contributed by atoms with Crippen molar-refractivity contribution in [2.45, 2.75) is 11.8 Å². The summed E-state index contributed by atoms with van der Waals surface area (Å²) in [5.74, 6) is 0. The van der Waals surface area contributed by atoms with Crippen LogP contribution in [0, 0.1) is 0 Å². The van der Waals surface area contributed by atoms with E-state index in [0.717, 1.165) is 34.2 Å². The van der Waals surface area contributed by atoms with Crippen molar-refractivity contribution in [1.29, 1.82) is 0 Å². The number of aromatic nitrogens is 1. The molecule has 1 spiro atoms. The molecule has 5 heteroatoms. The molecule has 0 atom stereocenters. The summed E-state index contributed by atoms with van der Waals surface area (Å²) in [5.41, 5.74) is 18.0. The van der Waals surface area contributed by atoms with E-state index in [1.165, 1.54) is 72.0 Å². The van der Waals surface area contributed by atoms with Crippen molar-refractivity contribution in [2.24, 2.45) is 0 Å². The molecular formula is C48H31B3N2. The normalized spacial score (nSPS) is 14.2. The third-order valence-electron chi connectivity index (χ3n) is 11.1. The van der Waals surface area contributed by atoms with E-state index in [9.17, 15) is 0 Å². The van der Waals surface area contributed by atoms with Gasteiger partial charge in [-0.05, 0) is 99.5 Å². The fourth-order valence-corrected chi connectivity index (χ4v) is 8.95. The molecule has 0 aliphatic heterocycles. The molecule has 1 N–H and O–H groups in total. The van der Waals surface area contributed by atoms with Crippen LogP contribution in [0.3, 0.4) is 0 Å². The molecule has 2 nitrogen and oxygen atoms in total. The molecular weight excluding hydrogens is 637 g/mol. The number of rotatable bonds is 3. The number of hydrogen-bond donors (Lipinski definition) is 1. The zero-order chi connectivity index (χ0) is 35.7. The fourth-order valence-electron chi connectivity index (χ4n) is 8.95. The molecule has 242 valence electrons. The zero-order valence-electron chi connectivity index (χ0n) is 29.1. The summed E-state index contributed by atoms with van der Waals surface area (Å²) in [5, 5.41) is 6.02. The van der Waals surface area contributed by atoms with Crippen LogP contribution in [0.2, 0.25) is 0 Å². The van der Waals surface area contributed by atoms with Gasteiger partial charge in [0.05, 0.1) is 16.4 Å². The molecule has 1 heterocycles. The van der Waals surface area contributed by atoms with Crippen LogP contribution in [0.4, 0.5) is 11.4 Å². The summed E-state index contributed by atoms with van der Waals surface area (Å²) in [6.07, 6.45) is 5.42. The van der Waals surface area contributed by atoms with Crippen LogP contribution in [0.1, 0.15) is 28.7 Å². The first kappa shape index (κ1) is 31.5. The molecule has 6 radical (unpaired) electrons. The van der Waals surface area contributed by atoms with Crippen molar-refractivity contribution >= 4 is 78.7 Å². The van der Waals surface area contributed by atoms with E-state index in [1.807, 2.05) is 36.4 Å². The Morgan fingerprint density at radius 3 is 1.74 bits per heavy atom. The highest BCUT2D eigenvalue weighted by Crippen LogP contribution is 2.63. The van der Waals surface area contributed by atoms with Crippen LogP contribution in [-0.4, -0.2) is 28.1 Å². The van der Waals surface area contributed by atoms with Gasteiger partial charge in [-0.25, -0.2) is 0 Å². The average Bonchev–Trinajstić information content (AvgIpc) is 3.92. The summed E-state index contributed by atoms with van der Waals surface area (Å²) in [6, 6.07) is 54.8. The highest BCUT2D eigenvalue weighted by molar-refractivity contribution is 6.34. The van der Waals surface area contributed by atoms with Crippen LogP contribution in [0.15, 0.2) is 175 Å². The number of nitrogens with zero attached hydrogens (tertiary/aromatic N) is 1. The number of fused-ring (bicyclic) bond motifs is 12. The largest absolute Gasteiger partial charge is 0.356 e. The number of anilines is 2. The van der Waals surface area contributed by atoms with Gasteiger partial charge >= 0.3 is 0 Å². The SMILES string of the molecule is [B]c1ccc2c(c1)C1(C3=C2C=CC3)c2cc([B])ccc2-c2ccc([B])cc21.c1ccc(Nc2ccc3c(c2)c2ccccc2n3-c2ccccc2)cc1. The summed E-state index contributed by atoms with van der Waals surface area (Å²) in [7, 11) is 18.8. The molecule has 0 amide bonds. The Morgan fingerprint density at radius 2 is 1.06 bits per heavy atom. The first-order valence-corrected chi connectivity index (χ1v) is 18.0. The molecule has 8 aromatic rings. The molecule has 3 aliphatic rings. The summed E-state index contributed by atoms with van der Waals surface area (Å²) in [4.78, 5) is 0. The first-order valence-electron chi connectivity index (χ1n) is 18.0. The van der Waals surface area contributed by atoms with E-state index in [4.69, 9.17) is 23.5 Å². The van der Waals surface area contributed by atoms with Gasteiger partial charge in [-0.15, -0.1) is 0 Å². The van der Waals surface area contributed by atoms with Crippen LogP contribution in [-0.2, 0) is 5.41 Å². The standard InChI is InChI=1S/C24H13B3.C24H18N2/c25-13-4-7-17-16-2-1-3-20(16)24(21(17)10-13)22-11-14(26)5-8-18(22)19-9-6-15(27)12-23(19)24;1-3-9-18(10-4-1)25-19-15-16-24-22(17-19)21-13-7-8-14-23(21)26(24)20-11-5-2-6-12-20/h1-2,4-12H,3H2;1-17,25H. The smallest absolute Gasteiger partial charge is 0.113 e. The van der Waals surface area contributed by atoms with Gasteiger partial charge in [-0.1, -0.05) is 138 Å². The number of benzene rings is 7. The Morgan fingerprint density at radius 1 is 0.491 bits per heavy atom. The molecule has 11 rings (SSSR count). The van der Waals surface area contributed by atoms with Crippen molar-refractivity contribution in [3.05, 3.63) is 198 Å². The Kier molecular flexibility index (Phi) is 7.27. The molecule has 1 aromatic heterocycles. The Bertz CT molecular complexity index is 2760. The second kappa shape index (κ2) is 12.2. The Hall–Kier alpha value is -6.19. The van der Waals surface area contributed by atoms with E-state index in [2.05, 4.69) is 143 Å². The highest BCUT2D eigenvalue weighted by Gasteiger charge is 2.52. The predicted octanol–water partition coefficient (Wildman–Crippen LogP) is 8.64. The van der Waals surface area contributed by atoms with Gasteiger partial charge in [0, 0.05) is 27.8 Å². The minimum absolute atomic E-state index is 0.362. The van der Waals surface area contributed by atoms with E-state index in [1.54, 1.807) is 0 Å². The number of nitrogens with one attached hydrogen (secondary N) is 1. The predicted molar refractivity (Wildman–Crippen MR) is 226 cm³/mol. The quantitative estimate of drug-likeness (QED) is 0.187. The second-order valence-electron chi connectivity index (χ2n) is 14.1. The van der Waals surface area contributed by atoms with E-state index in [0.29, 0.717) is 0 Å². The van der Waals surface area contributed by atoms with Gasteiger partial charge in [0.2, 0.25) is 0 Å². The number of hydrogen-bond acceptors (Lipinski definition) is 1. The monoisotopic (exact) mass is 668 g/mol. The molecule has 0 bridgehead atoms. The fraction of sp³-hybridized carbons (Fsp3) is 0.0417. The maximum absolute atomic E-state index is 6.25. The van der Waals surface area contributed by atoms with Gasteiger partial charge in [0.15, 0.2) is 0 Å². The lowest BCUT2D eigenvalue weighted by atomic mass is 9.67. The van der Waals surface area contributed by atoms with Gasteiger partial charge < -0.3 is 9.88 Å². The lowest BCUT2D eigenvalue weighted by Crippen LogP contribution is -2.30. The molecule has 3 aliphatic carbocycles. The highest BCUT2D eigenvalue weighted by atomic mass is 15.0. The minimum Gasteiger partial charge on any atom is -0.356 e. The van der Waals surface area contributed by atoms with Crippen LogP contribution in [0.5, 0.6) is 0 Å². The van der Waals surface area contributed by atoms with E-state index >= 15 is 0 Å². The van der Waals surface area contributed by atoms with Gasteiger partial charge in [-0.3, -0.25) is 0 Å². The Labute approximate surface area is 313 Å². The summed E-state index contributed by atoms with van der Waals surface area (Å²) < 4.78 is 2.33. The van der Waals surface area contributed by atoms with Crippen LogP contribution >= 0.6 is 0 Å². The van der Waals surface area contributed by atoms with Crippen molar-refractivity contribution in [3.8, 4) is 16.8 Å². The van der Waals surface area contributed by atoms with Crippen molar-refractivity contribution in [3.63, 3.8) is 0 Å². The van der Waals surface area contributed by atoms with Gasteiger partial charge in [0.25, 0.3) is 0 Å². The maximum Gasteiger partial charge on any atom is 0.113 e. The molecule has 7 aromatic carbocycles. The zero-order valence-corrected chi connectivity index (χ0v) is 29.1. The van der Waals surface area contributed by atoms with Crippen molar-refractivity contribution in [1.82, 2.24) is 4.57 Å². The molecule has 53 heavy (non-hydrogen) atoms. The third-order valence-corrected chi connectivity index (χ3v) is 11.1. The minimum atomic E-state index is -0.362. The topological polar surface area (TPSA) is 17.0 Å². The maximum atomic E-state index is 6.25. The molecule has 0 fully saturated rings. The Balaban J connectivity index is 0.000000132. The molecule has 0 saturated heterocycles. The lowest BCUT2D eigenvalue weighted by molar-refractivity contribution is 0.751. The molecule has 0 unspecified atom stereocenters. The summed E-state index contributed by atoms with van der Waals surface area (Å²) in [6.45, 7) is 0. The van der Waals surface area contributed by atoms with E-state index in [-0.39, 0.29) is 5.41 Å². The van der Waals surface area contributed by atoms with Crippen molar-refractivity contribution in [2.75, 3.05) is 5.32 Å². The van der Waals surface area contributed by atoms with Gasteiger partial charge in [0.1, 0.15) is 23.5 Å². The number of para-hydroxylation sites is 3. The lowest BCUT2D eigenvalue weighted by Gasteiger charge is -2.33. The van der Waals surface area contributed by atoms with E-state index < -0.39 is 0 Å². The first-order chi connectivity index (χ1) is 26.0. The average molecular weight is 668 g/mol. The second-order valence-corrected chi connectivity index (χ2v) is 14.1. The van der Waals surface area contributed by atoms with Crippen LogP contribution in [0.25, 0.3) is 44.2 Å². The third kappa shape index (κ3) is 4.84. The van der Waals surface area contributed by atoms with Crippen LogP contribution < -0.4 is 21.7 Å². The molecule has 0 saturated carbocycles. The van der Waals surface area contributed by atoms with Gasteiger partial charge in [-0.2, -0.15) is 0 Å². The van der Waals surface area contributed by atoms with Crippen molar-refractivity contribution < 1.29 is 0 Å².